The van der Waals surface area contributed by atoms with E-state index in [0.717, 1.165) is 5.82 Å². The van der Waals surface area contributed by atoms with Crippen molar-refractivity contribution in [1.82, 2.24) is 19.7 Å². The normalized spacial score (nSPS) is 14.3. The van der Waals surface area contributed by atoms with Crippen molar-refractivity contribution < 1.29 is 9.18 Å². The molecule has 2 heterocycles. The Morgan fingerprint density at radius 3 is 3.00 bits per heavy atom. The number of rotatable bonds is 1. The largest absolute Gasteiger partial charge is 0.396 e. The van der Waals surface area contributed by atoms with E-state index < -0.39 is 5.82 Å². The van der Waals surface area contributed by atoms with Crippen molar-refractivity contribution in [3.05, 3.63) is 41.7 Å². The van der Waals surface area contributed by atoms with Gasteiger partial charge in [-0.3, -0.25) is 4.79 Å². The van der Waals surface area contributed by atoms with Crippen LogP contribution < -0.4 is 5.73 Å². The van der Waals surface area contributed by atoms with Crippen molar-refractivity contribution in [3.63, 3.8) is 0 Å². The molecule has 3 rings (SSSR count). The molecular weight excluding hydrogens is 249 g/mol. The van der Waals surface area contributed by atoms with Gasteiger partial charge in [-0.1, -0.05) is 0 Å². The second-order valence-corrected chi connectivity index (χ2v) is 4.40. The van der Waals surface area contributed by atoms with E-state index in [4.69, 9.17) is 5.73 Å². The Morgan fingerprint density at radius 2 is 2.21 bits per heavy atom. The molecule has 1 aromatic carbocycles. The van der Waals surface area contributed by atoms with Gasteiger partial charge in [0.2, 0.25) is 0 Å². The van der Waals surface area contributed by atoms with Gasteiger partial charge >= 0.3 is 0 Å². The van der Waals surface area contributed by atoms with Crippen LogP contribution in [0.25, 0.3) is 0 Å². The minimum Gasteiger partial charge on any atom is -0.396 e. The van der Waals surface area contributed by atoms with Crippen LogP contribution in [-0.2, 0) is 13.1 Å². The lowest BCUT2D eigenvalue weighted by Gasteiger charge is -2.27. The van der Waals surface area contributed by atoms with Crippen molar-refractivity contribution in [2.45, 2.75) is 13.1 Å². The quantitative estimate of drug-likeness (QED) is 0.765. The van der Waals surface area contributed by atoms with Gasteiger partial charge in [-0.25, -0.2) is 4.39 Å². The molecule has 6 nitrogen and oxygen atoms in total. The minimum atomic E-state index is -0.519. The van der Waals surface area contributed by atoms with Crippen LogP contribution in [0.4, 0.5) is 10.1 Å². The van der Waals surface area contributed by atoms with Crippen LogP contribution in [0, 0.1) is 5.82 Å². The number of nitrogens with two attached hydrogens (primary N) is 1. The average Bonchev–Trinajstić information content (AvgIpc) is 2.88. The molecule has 19 heavy (non-hydrogen) atoms. The van der Waals surface area contributed by atoms with Crippen LogP contribution >= 0.6 is 0 Å². The van der Waals surface area contributed by atoms with E-state index >= 15 is 0 Å². The molecule has 0 unspecified atom stereocenters. The number of nitrogens with zero attached hydrogens (tertiary/aromatic N) is 4. The monoisotopic (exact) mass is 261 g/mol. The fraction of sp³-hybridized carbons (Fsp3) is 0.250. The predicted octanol–water partition coefficient (Wildman–Crippen LogP) is 0.655. The SMILES string of the molecule is Nc1cc(C(=O)N2CCn3cnnc3C2)ccc1F. The summed E-state index contributed by atoms with van der Waals surface area (Å²) in [6.45, 7) is 1.63. The lowest BCUT2D eigenvalue weighted by Crippen LogP contribution is -2.38. The summed E-state index contributed by atoms with van der Waals surface area (Å²) in [5.74, 6) is 0.0468. The van der Waals surface area contributed by atoms with Gasteiger partial charge < -0.3 is 15.2 Å². The number of amides is 1. The summed E-state index contributed by atoms with van der Waals surface area (Å²) in [5, 5.41) is 7.75. The van der Waals surface area contributed by atoms with Crippen LogP contribution in [0.3, 0.4) is 0 Å². The fourth-order valence-corrected chi connectivity index (χ4v) is 2.10. The molecule has 1 aliphatic rings. The van der Waals surface area contributed by atoms with Crippen molar-refractivity contribution in [2.24, 2.45) is 0 Å². The molecule has 0 bridgehead atoms. The van der Waals surface area contributed by atoms with Crippen LogP contribution in [0.15, 0.2) is 24.5 Å². The van der Waals surface area contributed by atoms with E-state index in [1.807, 2.05) is 4.57 Å². The number of anilines is 1. The van der Waals surface area contributed by atoms with Crippen molar-refractivity contribution in [2.75, 3.05) is 12.3 Å². The molecule has 1 aromatic heterocycles. The van der Waals surface area contributed by atoms with Crippen LogP contribution in [0.2, 0.25) is 0 Å². The summed E-state index contributed by atoms with van der Waals surface area (Å²) in [6.07, 6.45) is 1.65. The van der Waals surface area contributed by atoms with Crippen LogP contribution in [0.5, 0.6) is 0 Å². The fourth-order valence-electron chi connectivity index (χ4n) is 2.10. The molecular formula is C12H12FN5O. The first-order chi connectivity index (χ1) is 9.15. The highest BCUT2D eigenvalue weighted by atomic mass is 19.1. The zero-order valence-electron chi connectivity index (χ0n) is 10.1. The zero-order chi connectivity index (χ0) is 13.4. The van der Waals surface area contributed by atoms with E-state index in [1.165, 1.54) is 18.2 Å². The molecule has 0 radical (unpaired) electrons. The highest BCUT2D eigenvalue weighted by Crippen LogP contribution is 2.17. The summed E-state index contributed by atoms with van der Waals surface area (Å²) in [6, 6.07) is 4.00. The third kappa shape index (κ3) is 2.03. The summed E-state index contributed by atoms with van der Waals surface area (Å²) < 4.78 is 15.0. The van der Waals surface area contributed by atoms with Crippen molar-refractivity contribution >= 4 is 11.6 Å². The average molecular weight is 261 g/mol. The molecule has 0 fully saturated rings. The van der Waals surface area contributed by atoms with Crippen molar-refractivity contribution in [1.29, 1.82) is 0 Å². The maximum absolute atomic E-state index is 13.1. The van der Waals surface area contributed by atoms with Crippen LogP contribution in [-0.4, -0.2) is 32.1 Å². The Morgan fingerprint density at radius 1 is 1.37 bits per heavy atom. The van der Waals surface area contributed by atoms with Gasteiger partial charge in [-0.15, -0.1) is 10.2 Å². The van der Waals surface area contributed by atoms with Gasteiger partial charge in [0.1, 0.15) is 12.1 Å². The number of hydrogen-bond acceptors (Lipinski definition) is 4. The number of carbonyl (C=O) groups is 1. The first-order valence-corrected chi connectivity index (χ1v) is 5.86. The van der Waals surface area contributed by atoms with Crippen molar-refractivity contribution in [3.8, 4) is 0 Å². The molecule has 7 heteroatoms. The summed E-state index contributed by atoms with van der Waals surface area (Å²) in [4.78, 5) is 13.9. The van der Waals surface area contributed by atoms with E-state index in [-0.39, 0.29) is 11.6 Å². The molecule has 1 amide bonds. The number of carbonyl (C=O) groups excluding carboxylic acids is 1. The Balaban J connectivity index is 1.83. The van der Waals surface area contributed by atoms with Gasteiger partial charge in [0.15, 0.2) is 5.82 Å². The number of halogens is 1. The lowest BCUT2D eigenvalue weighted by atomic mass is 10.1. The van der Waals surface area contributed by atoms with E-state index in [1.54, 1.807) is 11.2 Å². The topological polar surface area (TPSA) is 77.0 Å². The van der Waals surface area contributed by atoms with Gasteiger partial charge in [-0.05, 0) is 18.2 Å². The summed E-state index contributed by atoms with van der Waals surface area (Å²) in [5.41, 5.74) is 5.83. The van der Waals surface area contributed by atoms with E-state index in [0.29, 0.717) is 25.2 Å². The number of benzene rings is 1. The third-order valence-electron chi connectivity index (χ3n) is 3.17. The molecule has 0 saturated heterocycles. The maximum Gasteiger partial charge on any atom is 0.254 e. The lowest BCUT2D eigenvalue weighted by molar-refractivity contribution is 0.0707. The number of nitrogen functional groups attached to an aromatic ring is 1. The van der Waals surface area contributed by atoms with Gasteiger partial charge in [-0.2, -0.15) is 0 Å². The smallest absolute Gasteiger partial charge is 0.254 e. The molecule has 98 valence electrons. The second-order valence-electron chi connectivity index (χ2n) is 4.40. The predicted molar refractivity (Wildman–Crippen MR) is 65.6 cm³/mol. The van der Waals surface area contributed by atoms with E-state index in [2.05, 4.69) is 10.2 Å². The standard InChI is InChI=1S/C12H12FN5O/c13-9-2-1-8(5-10(9)14)12(19)17-3-4-18-7-15-16-11(18)6-17/h1-2,5,7H,3-4,6,14H2. The van der Waals surface area contributed by atoms with Gasteiger partial charge in [0.25, 0.3) is 5.91 Å². The Kier molecular flexibility index (Phi) is 2.66. The highest BCUT2D eigenvalue weighted by Gasteiger charge is 2.23. The third-order valence-corrected chi connectivity index (χ3v) is 3.17. The number of hydrogen-bond donors (Lipinski definition) is 1. The molecule has 1 aliphatic heterocycles. The molecule has 0 saturated carbocycles. The zero-order valence-corrected chi connectivity index (χ0v) is 10.1. The molecule has 0 spiro atoms. The Bertz CT molecular complexity index is 639. The summed E-state index contributed by atoms with van der Waals surface area (Å²) >= 11 is 0. The molecule has 2 aromatic rings. The van der Waals surface area contributed by atoms with Gasteiger partial charge in [0.05, 0.1) is 12.2 Å². The molecule has 0 aliphatic carbocycles. The Labute approximate surface area is 108 Å². The first kappa shape index (κ1) is 11.6. The number of aromatic nitrogens is 3. The van der Waals surface area contributed by atoms with Gasteiger partial charge in [0, 0.05) is 18.7 Å². The number of fused-ring (bicyclic) bond motifs is 1. The second kappa shape index (κ2) is 4.34. The maximum atomic E-state index is 13.1. The molecule has 2 N–H and O–H groups in total. The minimum absolute atomic E-state index is 0.0222. The first-order valence-electron chi connectivity index (χ1n) is 5.86. The highest BCUT2D eigenvalue weighted by molar-refractivity contribution is 5.95. The summed E-state index contributed by atoms with van der Waals surface area (Å²) in [7, 11) is 0. The molecule has 0 atom stereocenters. The van der Waals surface area contributed by atoms with Crippen LogP contribution in [0.1, 0.15) is 16.2 Å². The Hall–Kier alpha value is -2.44. The van der Waals surface area contributed by atoms with E-state index in [9.17, 15) is 9.18 Å².